The molecule has 0 bridgehead atoms. The van der Waals surface area contributed by atoms with Crippen molar-refractivity contribution in [3.63, 3.8) is 0 Å². The fourth-order valence-corrected chi connectivity index (χ4v) is 6.61. The van der Waals surface area contributed by atoms with E-state index in [1.165, 1.54) is 167 Å². The van der Waals surface area contributed by atoms with Gasteiger partial charge in [0.05, 0.1) is 0 Å². The van der Waals surface area contributed by atoms with Gasteiger partial charge in [-0.3, -0.25) is 9.59 Å². The lowest BCUT2D eigenvalue weighted by atomic mass is 9.83. The lowest BCUT2D eigenvalue weighted by Crippen LogP contribution is -2.37. The van der Waals surface area contributed by atoms with E-state index in [2.05, 4.69) is 26.0 Å². The zero-order chi connectivity index (χ0) is 32.4. The van der Waals surface area contributed by atoms with E-state index < -0.39 is 11.8 Å². The minimum atomic E-state index is -0.399. The highest BCUT2D eigenvalue weighted by Crippen LogP contribution is 2.25. The monoisotopic (exact) mass is 619 g/mol. The van der Waals surface area contributed by atoms with Crippen molar-refractivity contribution in [2.75, 3.05) is 0 Å². The SMILES string of the molecule is CCCCCCCC/C=C\CCCCCCCCCCC(C(N)=O)C(CCCCCCCCCCCCCCCC)C(N)=O. The quantitative estimate of drug-likeness (QED) is 0.0540. The normalized spacial score (nSPS) is 13.0. The molecule has 0 aromatic carbocycles. The molecule has 0 heterocycles. The number of hydrogen-bond acceptors (Lipinski definition) is 2. The molecule has 4 nitrogen and oxygen atoms in total. The molecule has 4 N–H and O–H groups in total. The third-order valence-corrected chi connectivity index (χ3v) is 9.61. The van der Waals surface area contributed by atoms with Gasteiger partial charge in [-0.05, 0) is 38.5 Å². The van der Waals surface area contributed by atoms with Crippen molar-refractivity contribution in [3.05, 3.63) is 12.2 Å². The van der Waals surface area contributed by atoms with Crippen LogP contribution in [0.2, 0.25) is 0 Å². The van der Waals surface area contributed by atoms with Crippen molar-refractivity contribution < 1.29 is 9.59 Å². The molecule has 0 aromatic rings. The van der Waals surface area contributed by atoms with E-state index in [4.69, 9.17) is 11.5 Å². The van der Waals surface area contributed by atoms with Crippen LogP contribution in [0.5, 0.6) is 0 Å². The van der Waals surface area contributed by atoms with E-state index >= 15 is 0 Å². The summed E-state index contributed by atoms with van der Waals surface area (Å²) in [6.07, 6.45) is 45.0. The van der Waals surface area contributed by atoms with Gasteiger partial charge in [-0.1, -0.05) is 193 Å². The summed E-state index contributed by atoms with van der Waals surface area (Å²) in [7, 11) is 0. The molecule has 0 rings (SSSR count). The number of carbonyl (C=O) groups excluding carboxylic acids is 2. The number of nitrogens with two attached hydrogens (primary N) is 2. The van der Waals surface area contributed by atoms with Gasteiger partial charge in [0.1, 0.15) is 0 Å². The first-order valence-corrected chi connectivity index (χ1v) is 19.8. The van der Waals surface area contributed by atoms with Crippen LogP contribution in [0.4, 0.5) is 0 Å². The minimum Gasteiger partial charge on any atom is -0.369 e. The van der Waals surface area contributed by atoms with Crippen LogP contribution in [0.15, 0.2) is 12.2 Å². The van der Waals surface area contributed by atoms with Gasteiger partial charge in [-0.15, -0.1) is 0 Å². The van der Waals surface area contributed by atoms with E-state index in [1.807, 2.05) is 0 Å². The summed E-state index contributed by atoms with van der Waals surface area (Å²) in [5.74, 6) is -1.49. The zero-order valence-electron chi connectivity index (χ0n) is 29.9. The third-order valence-electron chi connectivity index (χ3n) is 9.61. The maximum absolute atomic E-state index is 12.2. The van der Waals surface area contributed by atoms with Crippen molar-refractivity contribution in [2.24, 2.45) is 23.3 Å². The van der Waals surface area contributed by atoms with E-state index in [9.17, 15) is 9.59 Å². The van der Waals surface area contributed by atoms with E-state index in [0.29, 0.717) is 12.8 Å². The predicted molar refractivity (Wildman–Crippen MR) is 194 cm³/mol. The second kappa shape index (κ2) is 34.6. The summed E-state index contributed by atoms with van der Waals surface area (Å²) in [4.78, 5) is 24.4. The maximum atomic E-state index is 12.2. The summed E-state index contributed by atoms with van der Waals surface area (Å²) in [5.41, 5.74) is 11.5. The fourth-order valence-electron chi connectivity index (χ4n) is 6.61. The van der Waals surface area contributed by atoms with Crippen LogP contribution in [-0.2, 0) is 9.59 Å². The number of allylic oxidation sites excluding steroid dienone is 2. The molecule has 0 saturated heterocycles. The molecule has 2 unspecified atom stereocenters. The Morgan fingerprint density at radius 3 is 0.864 bits per heavy atom. The topological polar surface area (TPSA) is 86.2 Å². The average molecular weight is 619 g/mol. The summed E-state index contributed by atoms with van der Waals surface area (Å²) < 4.78 is 0. The molecular weight excluding hydrogens is 540 g/mol. The Labute approximate surface area is 275 Å². The molecule has 0 fully saturated rings. The summed E-state index contributed by atoms with van der Waals surface area (Å²) in [6, 6.07) is 0. The number of hydrogen-bond donors (Lipinski definition) is 2. The van der Waals surface area contributed by atoms with Crippen molar-refractivity contribution in [3.8, 4) is 0 Å². The van der Waals surface area contributed by atoms with Crippen molar-refractivity contribution in [1.82, 2.24) is 0 Å². The van der Waals surface area contributed by atoms with E-state index in [1.54, 1.807) is 0 Å². The predicted octanol–water partition coefficient (Wildman–Crippen LogP) is 12.3. The Morgan fingerprint density at radius 2 is 0.614 bits per heavy atom. The van der Waals surface area contributed by atoms with Crippen molar-refractivity contribution in [2.45, 2.75) is 219 Å². The van der Waals surface area contributed by atoms with Crippen LogP contribution in [-0.4, -0.2) is 11.8 Å². The molecule has 4 heteroatoms. The Bertz CT molecular complexity index is 647. The molecule has 44 heavy (non-hydrogen) atoms. The molecule has 0 saturated carbocycles. The smallest absolute Gasteiger partial charge is 0.221 e. The lowest BCUT2D eigenvalue weighted by Gasteiger charge is -2.22. The largest absolute Gasteiger partial charge is 0.369 e. The van der Waals surface area contributed by atoms with Crippen LogP contribution in [0.3, 0.4) is 0 Å². The van der Waals surface area contributed by atoms with E-state index in [0.717, 1.165) is 25.7 Å². The molecule has 0 aliphatic carbocycles. The number of carbonyl (C=O) groups is 2. The summed E-state index contributed by atoms with van der Waals surface area (Å²) >= 11 is 0. The molecule has 2 amide bonds. The van der Waals surface area contributed by atoms with Crippen molar-refractivity contribution >= 4 is 11.8 Å². The number of rotatable bonds is 36. The highest BCUT2D eigenvalue weighted by atomic mass is 16.2. The van der Waals surface area contributed by atoms with Gasteiger partial charge in [0.15, 0.2) is 0 Å². The molecule has 0 radical (unpaired) electrons. The van der Waals surface area contributed by atoms with Gasteiger partial charge in [0, 0.05) is 11.8 Å². The Kier molecular flexibility index (Phi) is 33.5. The van der Waals surface area contributed by atoms with Gasteiger partial charge in [0.2, 0.25) is 11.8 Å². The second-order valence-corrected chi connectivity index (χ2v) is 13.8. The number of unbranched alkanes of at least 4 members (excludes halogenated alkanes) is 27. The number of primary amides is 2. The molecule has 260 valence electrons. The number of amides is 2. The third kappa shape index (κ3) is 29.4. The highest BCUT2D eigenvalue weighted by Gasteiger charge is 2.30. The van der Waals surface area contributed by atoms with Gasteiger partial charge < -0.3 is 11.5 Å². The Balaban J connectivity index is 3.78. The first-order valence-electron chi connectivity index (χ1n) is 19.8. The lowest BCUT2D eigenvalue weighted by molar-refractivity contribution is -0.132. The Hall–Kier alpha value is -1.32. The molecule has 0 aromatic heterocycles. The fraction of sp³-hybridized carbons (Fsp3) is 0.900. The summed E-state index contributed by atoms with van der Waals surface area (Å²) in [6.45, 7) is 4.55. The van der Waals surface area contributed by atoms with Crippen molar-refractivity contribution in [1.29, 1.82) is 0 Å². The Morgan fingerprint density at radius 1 is 0.386 bits per heavy atom. The first-order chi connectivity index (χ1) is 21.5. The van der Waals surface area contributed by atoms with Gasteiger partial charge in [-0.25, -0.2) is 0 Å². The molecule has 0 aliphatic rings. The van der Waals surface area contributed by atoms with Crippen LogP contribution in [0.25, 0.3) is 0 Å². The van der Waals surface area contributed by atoms with Crippen LogP contribution in [0.1, 0.15) is 219 Å². The average Bonchev–Trinajstić information content (AvgIpc) is 3.00. The maximum Gasteiger partial charge on any atom is 0.221 e. The second-order valence-electron chi connectivity index (χ2n) is 13.8. The first kappa shape index (κ1) is 42.7. The van der Waals surface area contributed by atoms with Gasteiger partial charge in [0.25, 0.3) is 0 Å². The summed E-state index contributed by atoms with van der Waals surface area (Å²) in [5, 5.41) is 0. The highest BCUT2D eigenvalue weighted by molar-refractivity contribution is 5.85. The van der Waals surface area contributed by atoms with Crippen LogP contribution in [0, 0.1) is 11.8 Å². The van der Waals surface area contributed by atoms with E-state index in [-0.39, 0.29) is 11.8 Å². The van der Waals surface area contributed by atoms with Gasteiger partial charge >= 0.3 is 0 Å². The van der Waals surface area contributed by atoms with Crippen LogP contribution >= 0.6 is 0 Å². The minimum absolute atomic E-state index is 0.347. The zero-order valence-corrected chi connectivity index (χ0v) is 29.9. The van der Waals surface area contributed by atoms with Gasteiger partial charge in [-0.2, -0.15) is 0 Å². The standard InChI is InChI=1S/C40H78N2O2/c1-3-5-7-9-11-13-15-17-19-20-21-22-24-26-28-30-32-34-36-38(40(42)44)37(39(41)43)35-33-31-29-27-25-23-18-16-14-12-10-8-6-4-2/h17,19,37-38H,3-16,18,20-36H2,1-2H3,(H2,41,43)(H2,42,44)/b19-17-. The molecule has 0 aliphatic heterocycles. The molecule has 0 spiro atoms. The van der Waals surface area contributed by atoms with Crippen LogP contribution < -0.4 is 11.5 Å². The molecular formula is C40H78N2O2. The molecule has 2 atom stereocenters.